The summed E-state index contributed by atoms with van der Waals surface area (Å²) in [5, 5.41) is 18.5. The number of hydrogen-bond donors (Lipinski definition) is 4. The molecule has 4 N–H and O–H groups in total. The number of fused-ring (bicyclic) bond motifs is 1. The number of carbonyl (C=O) groups excluding carboxylic acids is 1. The molecule has 0 fully saturated rings. The number of benzene rings is 2. The second-order valence-electron chi connectivity index (χ2n) is 8.91. The van der Waals surface area contributed by atoms with E-state index in [1.54, 1.807) is 25.1 Å². The van der Waals surface area contributed by atoms with Crippen LogP contribution in [-0.2, 0) is 15.7 Å². The summed E-state index contributed by atoms with van der Waals surface area (Å²) in [4.78, 5) is 21.4. The maximum atomic E-state index is 13.0. The van der Waals surface area contributed by atoms with Gasteiger partial charge in [0.2, 0.25) is 5.91 Å². The van der Waals surface area contributed by atoms with Gasteiger partial charge in [-0.1, -0.05) is 17.7 Å². The first-order valence-electron chi connectivity index (χ1n) is 12.4. The molecule has 4 rings (SSSR count). The van der Waals surface area contributed by atoms with Crippen molar-refractivity contribution in [2.24, 2.45) is 0 Å². The number of aliphatic hydroxyl groups excluding tert-OH is 1. The van der Waals surface area contributed by atoms with Crippen LogP contribution in [0.1, 0.15) is 24.5 Å². The Balaban J connectivity index is 1.48. The third-order valence-corrected chi connectivity index (χ3v) is 5.95. The zero-order chi connectivity index (χ0) is 28.7. The zero-order valence-corrected chi connectivity index (χ0v) is 22.1. The molecule has 13 heteroatoms. The van der Waals surface area contributed by atoms with Crippen molar-refractivity contribution in [2.45, 2.75) is 25.6 Å². The lowest BCUT2D eigenvalue weighted by Crippen LogP contribution is -2.29. The summed E-state index contributed by atoms with van der Waals surface area (Å²) < 4.78 is 49.9. The number of amides is 1. The van der Waals surface area contributed by atoms with E-state index in [0.717, 1.165) is 12.1 Å². The Labute approximate surface area is 233 Å². The number of aromatic nitrogens is 2. The lowest BCUT2D eigenvalue weighted by atomic mass is 10.1. The Hall–Kier alpha value is -3.87. The van der Waals surface area contributed by atoms with Crippen LogP contribution < -0.4 is 20.7 Å². The lowest BCUT2D eigenvalue weighted by Gasteiger charge is -2.14. The normalized spacial score (nSPS) is 13.8. The van der Waals surface area contributed by atoms with Crippen LogP contribution in [-0.4, -0.2) is 53.4 Å². The van der Waals surface area contributed by atoms with E-state index in [1.165, 1.54) is 24.5 Å². The number of hydrogen-bond acceptors (Lipinski definition) is 8. The first-order chi connectivity index (χ1) is 19.1. The van der Waals surface area contributed by atoms with Gasteiger partial charge in [-0.2, -0.15) is 13.2 Å². The molecule has 2 aromatic carbocycles. The van der Waals surface area contributed by atoms with Crippen LogP contribution >= 0.6 is 11.6 Å². The van der Waals surface area contributed by atoms with Crippen molar-refractivity contribution < 1.29 is 32.5 Å². The average molecular weight is 578 g/mol. The van der Waals surface area contributed by atoms with Gasteiger partial charge in [0.1, 0.15) is 29.5 Å². The van der Waals surface area contributed by atoms with Crippen molar-refractivity contribution in [3.63, 3.8) is 0 Å². The molecule has 0 aliphatic carbocycles. The number of nitrogens with one attached hydrogen (secondary N) is 3. The highest BCUT2D eigenvalue weighted by molar-refractivity contribution is 6.32. The summed E-state index contributed by atoms with van der Waals surface area (Å²) >= 11 is 6.38. The number of halogens is 4. The molecule has 9 nitrogen and oxygen atoms in total. The molecule has 40 heavy (non-hydrogen) atoms. The van der Waals surface area contributed by atoms with E-state index in [-0.39, 0.29) is 42.2 Å². The second kappa shape index (κ2) is 13.0. The highest BCUT2D eigenvalue weighted by atomic mass is 35.5. The third kappa shape index (κ3) is 7.84. The Bertz CT molecular complexity index is 1380. The fraction of sp³-hybridized carbons (Fsp3) is 0.296. The first-order valence-corrected chi connectivity index (χ1v) is 12.7. The molecular formula is C27H27ClF3N5O4. The van der Waals surface area contributed by atoms with Gasteiger partial charge in [0.25, 0.3) is 0 Å². The summed E-state index contributed by atoms with van der Waals surface area (Å²) in [5.41, 5.74) is 0.780. The summed E-state index contributed by atoms with van der Waals surface area (Å²) in [5.74, 6) is 0.856. The van der Waals surface area contributed by atoms with Gasteiger partial charge in [0.15, 0.2) is 0 Å². The van der Waals surface area contributed by atoms with Gasteiger partial charge < -0.3 is 30.5 Å². The van der Waals surface area contributed by atoms with Crippen LogP contribution in [0.4, 0.5) is 30.5 Å². The minimum absolute atomic E-state index is 0.00455. The Morgan fingerprint density at radius 2 is 2.05 bits per heavy atom. The second-order valence-corrected chi connectivity index (χ2v) is 9.32. The smallest absolute Gasteiger partial charge is 0.416 e. The SMILES string of the molecule is CC(O)COCCNC(=O)C1=Cc2c(ncnc2Nc2ccc(Oc3cccc(C(F)(F)F)c3)c(Cl)c2)NCC1. The molecule has 2 heterocycles. The molecule has 0 saturated carbocycles. The number of ether oxygens (including phenoxy) is 2. The minimum Gasteiger partial charge on any atom is -0.456 e. The van der Waals surface area contributed by atoms with E-state index < -0.39 is 17.8 Å². The Kier molecular flexibility index (Phi) is 9.46. The Morgan fingerprint density at radius 1 is 1.23 bits per heavy atom. The molecule has 1 aromatic heterocycles. The maximum Gasteiger partial charge on any atom is 0.416 e. The predicted molar refractivity (Wildman–Crippen MR) is 145 cm³/mol. The molecular weight excluding hydrogens is 551 g/mol. The quantitative estimate of drug-likeness (QED) is 0.237. The van der Waals surface area contributed by atoms with Crippen LogP contribution in [0.15, 0.2) is 54.4 Å². The number of rotatable bonds is 10. The molecule has 212 valence electrons. The molecule has 1 atom stereocenters. The van der Waals surface area contributed by atoms with Crippen molar-refractivity contribution >= 4 is 40.9 Å². The van der Waals surface area contributed by atoms with Gasteiger partial charge >= 0.3 is 6.18 Å². The maximum absolute atomic E-state index is 13.0. The standard InChI is InChI=1S/C27H27ClF3N5O4/c1-16(37)14-39-10-9-33-26(38)17-7-8-32-24-21(11-17)25(35-15-34-24)36-19-5-6-23(22(28)13-19)40-20-4-2-3-18(12-20)27(29,30)31/h2-6,11-13,15-16,37H,7-10,14H2,1H3,(H,33,38)(H2,32,34,35,36). The fourth-order valence-electron chi connectivity index (χ4n) is 3.78. The molecule has 1 unspecified atom stereocenters. The predicted octanol–water partition coefficient (Wildman–Crippen LogP) is 5.40. The highest BCUT2D eigenvalue weighted by Crippen LogP contribution is 2.36. The van der Waals surface area contributed by atoms with E-state index in [4.69, 9.17) is 21.1 Å². The Morgan fingerprint density at radius 3 is 2.80 bits per heavy atom. The zero-order valence-electron chi connectivity index (χ0n) is 21.4. The highest BCUT2D eigenvalue weighted by Gasteiger charge is 2.30. The van der Waals surface area contributed by atoms with Crippen LogP contribution in [0.2, 0.25) is 5.02 Å². The van der Waals surface area contributed by atoms with Crippen molar-refractivity contribution in [1.82, 2.24) is 15.3 Å². The van der Waals surface area contributed by atoms with Gasteiger partial charge in [-0.25, -0.2) is 9.97 Å². The van der Waals surface area contributed by atoms with Crippen LogP contribution in [0, 0.1) is 0 Å². The monoisotopic (exact) mass is 577 g/mol. The molecule has 3 aromatic rings. The number of nitrogens with zero attached hydrogens (tertiary/aromatic N) is 2. The number of anilines is 3. The lowest BCUT2D eigenvalue weighted by molar-refractivity contribution is -0.137. The summed E-state index contributed by atoms with van der Waals surface area (Å²) in [6.45, 7) is 2.83. The molecule has 0 bridgehead atoms. The van der Waals surface area contributed by atoms with Crippen LogP contribution in [0.25, 0.3) is 6.08 Å². The fourth-order valence-corrected chi connectivity index (χ4v) is 4.00. The van der Waals surface area contributed by atoms with Gasteiger partial charge in [0.05, 0.1) is 35.5 Å². The van der Waals surface area contributed by atoms with Gasteiger partial charge in [0, 0.05) is 24.4 Å². The van der Waals surface area contributed by atoms with E-state index in [2.05, 4.69) is 25.9 Å². The van der Waals surface area contributed by atoms with Crippen molar-refractivity contribution in [1.29, 1.82) is 0 Å². The molecule has 0 spiro atoms. The van der Waals surface area contributed by atoms with Crippen LogP contribution in [0.5, 0.6) is 11.5 Å². The van der Waals surface area contributed by atoms with E-state index in [9.17, 15) is 23.1 Å². The summed E-state index contributed by atoms with van der Waals surface area (Å²) in [7, 11) is 0. The van der Waals surface area contributed by atoms with Gasteiger partial charge in [-0.15, -0.1) is 0 Å². The van der Waals surface area contributed by atoms with E-state index in [0.29, 0.717) is 41.4 Å². The number of aliphatic hydroxyl groups is 1. The van der Waals surface area contributed by atoms with Crippen molar-refractivity contribution in [2.75, 3.05) is 36.9 Å². The minimum atomic E-state index is -4.50. The molecule has 1 aliphatic rings. The largest absolute Gasteiger partial charge is 0.456 e. The van der Waals surface area contributed by atoms with E-state index >= 15 is 0 Å². The average Bonchev–Trinajstić information content (AvgIpc) is 3.13. The number of alkyl halides is 3. The van der Waals surface area contributed by atoms with Crippen molar-refractivity contribution in [3.8, 4) is 11.5 Å². The molecule has 0 saturated heterocycles. The summed E-state index contributed by atoms with van der Waals surface area (Å²) in [6, 6.07) is 9.23. The van der Waals surface area contributed by atoms with Crippen LogP contribution in [0.3, 0.4) is 0 Å². The molecule has 1 amide bonds. The van der Waals surface area contributed by atoms with Gasteiger partial charge in [-0.05, 0) is 55.8 Å². The van der Waals surface area contributed by atoms with Gasteiger partial charge in [-0.3, -0.25) is 4.79 Å². The number of carbonyl (C=O) groups is 1. The molecule has 0 radical (unpaired) electrons. The van der Waals surface area contributed by atoms with E-state index in [1.807, 2.05) is 0 Å². The topological polar surface area (TPSA) is 118 Å². The first kappa shape index (κ1) is 29.1. The third-order valence-electron chi connectivity index (χ3n) is 5.66. The summed E-state index contributed by atoms with van der Waals surface area (Å²) in [6.07, 6.45) is -1.55. The van der Waals surface area contributed by atoms with Crippen molar-refractivity contribution in [3.05, 3.63) is 70.5 Å². The molecule has 1 aliphatic heterocycles.